The van der Waals surface area contributed by atoms with Crippen molar-refractivity contribution in [3.63, 3.8) is 0 Å². The second-order valence-electron chi connectivity index (χ2n) is 6.41. The highest BCUT2D eigenvalue weighted by molar-refractivity contribution is 6.30. The first kappa shape index (κ1) is 17.1. The van der Waals surface area contributed by atoms with Crippen molar-refractivity contribution in [3.8, 4) is 0 Å². The quantitative estimate of drug-likeness (QED) is 0.913. The Bertz CT molecular complexity index is 696. The van der Waals surface area contributed by atoms with Crippen LogP contribution in [0, 0.1) is 0 Å². The van der Waals surface area contributed by atoms with Gasteiger partial charge in [0.25, 0.3) is 0 Å². The summed E-state index contributed by atoms with van der Waals surface area (Å²) >= 11 is 5.88. The van der Waals surface area contributed by atoms with Gasteiger partial charge in [0.1, 0.15) is 0 Å². The second-order valence-corrected chi connectivity index (χ2v) is 6.85. The van der Waals surface area contributed by atoms with E-state index < -0.39 is 6.10 Å². The minimum atomic E-state index is -0.800. The van der Waals surface area contributed by atoms with Gasteiger partial charge in [-0.05, 0) is 49.1 Å². The van der Waals surface area contributed by atoms with Crippen LogP contribution in [0.2, 0.25) is 5.02 Å². The van der Waals surface area contributed by atoms with Crippen LogP contribution < -0.4 is 0 Å². The number of hydrogen-bond acceptors (Lipinski definition) is 2. The molecular formula is C19H23ClN2O2. The van der Waals surface area contributed by atoms with Gasteiger partial charge in [0.05, 0.1) is 18.6 Å². The van der Waals surface area contributed by atoms with Crippen LogP contribution in [0.5, 0.6) is 0 Å². The summed E-state index contributed by atoms with van der Waals surface area (Å²) in [7, 11) is 2.01. The zero-order valence-electron chi connectivity index (χ0n) is 13.9. The first-order chi connectivity index (χ1) is 11.6. The molecule has 1 aromatic heterocycles. The number of piperidine rings is 1. The van der Waals surface area contributed by atoms with Crippen molar-refractivity contribution in [2.24, 2.45) is 7.05 Å². The van der Waals surface area contributed by atoms with E-state index in [2.05, 4.69) is 10.6 Å². The number of aromatic nitrogens is 1. The average Bonchev–Trinajstić information content (AvgIpc) is 3.01. The molecule has 1 aliphatic heterocycles. The number of hydrogen-bond donors (Lipinski definition) is 1. The number of aliphatic hydroxyl groups excluding tert-OH is 1. The Balaban J connectivity index is 1.72. The maximum Gasteiger partial charge on any atom is 0.226 e. The lowest BCUT2D eigenvalue weighted by molar-refractivity contribution is -0.137. The van der Waals surface area contributed by atoms with Gasteiger partial charge in [0.2, 0.25) is 5.91 Å². The first-order valence-electron chi connectivity index (χ1n) is 8.40. The molecular weight excluding hydrogens is 324 g/mol. The van der Waals surface area contributed by atoms with E-state index in [-0.39, 0.29) is 18.4 Å². The number of likely N-dealkylation sites (tertiary alicyclic amines) is 1. The summed E-state index contributed by atoms with van der Waals surface area (Å²) in [5.41, 5.74) is 1.88. The van der Waals surface area contributed by atoms with Gasteiger partial charge >= 0.3 is 0 Å². The molecule has 3 rings (SSSR count). The molecule has 5 heteroatoms. The Morgan fingerprint density at radius 3 is 2.71 bits per heavy atom. The van der Waals surface area contributed by atoms with E-state index >= 15 is 0 Å². The molecule has 2 heterocycles. The minimum Gasteiger partial charge on any atom is -0.388 e. The fourth-order valence-electron chi connectivity index (χ4n) is 3.44. The molecule has 24 heavy (non-hydrogen) atoms. The lowest BCUT2D eigenvalue weighted by Crippen LogP contribution is -2.39. The number of aliphatic hydroxyl groups is 1. The SMILES string of the molecule is Cn1cccc1[C@H]1CCCCN1C(=O)C[C@@H](O)c1ccc(Cl)cc1. The van der Waals surface area contributed by atoms with E-state index in [0.29, 0.717) is 5.02 Å². The zero-order valence-corrected chi connectivity index (χ0v) is 14.6. The third-order valence-corrected chi connectivity index (χ3v) is 5.02. The van der Waals surface area contributed by atoms with Crippen LogP contribution in [0.15, 0.2) is 42.6 Å². The highest BCUT2D eigenvalue weighted by atomic mass is 35.5. The molecule has 0 unspecified atom stereocenters. The topological polar surface area (TPSA) is 45.5 Å². The van der Waals surface area contributed by atoms with Gasteiger partial charge in [-0.1, -0.05) is 23.7 Å². The summed E-state index contributed by atoms with van der Waals surface area (Å²) in [6, 6.07) is 11.2. The van der Waals surface area contributed by atoms with Crippen molar-refractivity contribution in [1.82, 2.24) is 9.47 Å². The molecule has 0 bridgehead atoms. The van der Waals surface area contributed by atoms with Crippen molar-refractivity contribution in [3.05, 3.63) is 58.9 Å². The van der Waals surface area contributed by atoms with Crippen LogP contribution in [-0.2, 0) is 11.8 Å². The molecule has 1 aromatic carbocycles. The minimum absolute atomic E-state index is 0.00310. The maximum absolute atomic E-state index is 12.8. The summed E-state index contributed by atoms with van der Waals surface area (Å²) in [4.78, 5) is 14.7. The molecule has 2 atom stereocenters. The third-order valence-electron chi connectivity index (χ3n) is 4.77. The molecule has 4 nitrogen and oxygen atoms in total. The summed E-state index contributed by atoms with van der Waals surface area (Å²) in [6.45, 7) is 0.752. The van der Waals surface area contributed by atoms with Gasteiger partial charge in [0.15, 0.2) is 0 Å². The van der Waals surface area contributed by atoms with E-state index in [4.69, 9.17) is 11.6 Å². The van der Waals surface area contributed by atoms with Crippen LogP contribution >= 0.6 is 11.6 Å². The van der Waals surface area contributed by atoms with Crippen LogP contribution in [0.3, 0.4) is 0 Å². The summed E-state index contributed by atoms with van der Waals surface area (Å²) in [5.74, 6) is 0.00310. The number of halogens is 1. The summed E-state index contributed by atoms with van der Waals surface area (Å²) in [6.07, 6.45) is 4.42. The molecule has 0 radical (unpaired) electrons. The largest absolute Gasteiger partial charge is 0.388 e. The highest BCUT2D eigenvalue weighted by Gasteiger charge is 2.30. The predicted molar refractivity (Wildman–Crippen MR) is 94.7 cm³/mol. The zero-order chi connectivity index (χ0) is 17.1. The first-order valence-corrected chi connectivity index (χ1v) is 8.78. The van der Waals surface area contributed by atoms with Crippen LogP contribution in [0.4, 0.5) is 0 Å². The maximum atomic E-state index is 12.8. The predicted octanol–water partition coefficient (Wildman–Crippen LogP) is 3.86. The fourth-order valence-corrected chi connectivity index (χ4v) is 3.57. The standard InChI is InChI=1S/C19H23ClN2O2/c1-21-11-4-6-16(21)17-5-2-3-12-22(17)19(24)13-18(23)14-7-9-15(20)10-8-14/h4,6-11,17-18,23H,2-3,5,12-13H2,1H3/t17-,18-/m1/s1. The normalized spacial score (nSPS) is 19.3. The van der Waals surface area contributed by atoms with E-state index in [1.807, 2.05) is 24.2 Å². The molecule has 1 amide bonds. The third kappa shape index (κ3) is 3.65. The Kier molecular flexibility index (Phi) is 5.27. The molecule has 2 aromatic rings. The van der Waals surface area contributed by atoms with Crippen molar-refractivity contribution in [2.45, 2.75) is 37.8 Å². The van der Waals surface area contributed by atoms with E-state index in [1.54, 1.807) is 24.3 Å². The van der Waals surface area contributed by atoms with Crippen molar-refractivity contribution < 1.29 is 9.90 Å². The van der Waals surface area contributed by atoms with Gasteiger partial charge in [-0.25, -0.2) is 0 Å². The highest BCUT2D eigenvalue weighted by Crippen LogP contribution is 2.32. The van der Waals surface area contributed by atoms with Crippen LogP contribution in [0.1, 0.15) is 49.1 Å². The molecule has 1 fully saturated rings. The van der Waals surface area contributed by atoms with E-state index in [9.17, 15) is 9.90 Å². The van der Waals surface area contributed by atoms with Crippen LogP contribution in [0.25, 0.3) is 0 Å². The van der Waals surface area contributed by atoms with Gasteiger partial charge in [-0.3, -0.25) is 4.79 Å². The van der Waals surface area contributed by atoms with E-state index in [1.165, 1.54) is 0 Å². The molecule has 0 spiro atoms. The number of aryl methyl sites for hydroxylation is 1. The fraction of sp³-hybridized carbons (Fsp3) is 0.421. The molecule has 1 N–H and O–H groups in total. The van der Waals surface area contributed by atoms with Gasteiger partial charge in [-0.15, -0.1) is 0 Å². The smallest absolute Gasteiger partial charge is 0.226 e. The van der Waals surface area contributed by atoms with Crippen LogP contribution in [-0.4, -0.2) is 27.0 Å². The molecule has 1 saturated heterocycles. The molecule has 128 valence electrons. The molecule has 0 aliphatic carbocycles. The molecule has 0 saturated carbocycles. The van der Waals surface area contributed by atoms with E-state index in [0.717, 1.165) is 37.1 Å². The lowest BCUT2D eigenvalue weighted by Gasteiger charge is -2.36. The number of carbonyl (C=O) groups is 1. The number of benzene rings is 1. The van der Waals surface area contributed by atoms with Crippen molar-refractivity contribution in [2.75, 3.05) is 6.54 Å². The monoisotopic (exact) mass is 346 g/mol. The lowest BCUT2D eigenvalue weighted by atomic mass is 9.97. The number of nitrogens with zero attached hydrogens (tertiary/aromatic N) is 2. The number of amides is 1. The van der Waals surface area contributed by atoms with Crippen molar-refractivity contribution in [1.29, 1.82) is 0 Å². The van der Waals surface area contributed by atoms with Gasteiger partial charge in [0, 0.05) is 30.5 Å². The summed E-state index contributed by atoms with van der Waals surface area (Å²) in [5, 5.41) is 11.0. The average molecular weight is 347 g/mol. The summed E-state index contributed by atoms with van der Waals surface area (Å²) < 4.78 is 2.08. The Hall–Kier alpha value is -1.78. The Morgan fingerprint density at radius 1 is 1.29 bits per heavy atom. The Labute approximate surface area is 147 Å². The second kappa shape index (κ2) is 7.41. The number of carbonyl (C=O) groups excluding carboxylic acids is 1. The molecule has 1 aliphatic rings. The van der Waals surface area contributed by atoms with Gasteiger partial charge in [-0.2, -0.15) is 0 Å². The van der Waals surface area contributed by atoms with Gasteiger partial charge < -0.3 is 14.6 Å². The Morgan fingerprint density at radius 2 is 2.04 bits per heavy atom. The van der Waals surface area contributed by atoms with Crippen molar-refractivity contribution >= 4 is 17.5 Å². The number of rotatable bonds is 4.